The van der Waals surface area contributed by atoms with E-state index in [-0.39, 0.29) is 5.75 Å². The van der Waals surface area contributed by atoms with Crippen LogP contribution < -0.4 is 20.8 Å². The minimum Gasteiger partial charge on any atom is -0.508 e. The van der Waals surface area contributed by atoms with Gasteiger partial charge in [-0.15, -0.1) is 0 Å². The number of aryl methyl sites for hydroxylation is 2. The van der Waals surface area contributed by atoms with Crippen molar-refractivity contribution < 1.29 is 19.4 Å². The molecule has 7 heteroatoms. The molecule has 3 aromatic rings. The van der Waals surface area contributed by atoms with Gasteiger partial charge in [0.05, 0.1) is 5.57 Å². The summed E-state index contributed by atoms with van der Waals surface area (Å²) in [6.07, 6.45) is 0. The van der Waals surface area contributed by atoms with Crippen LogP contribution in [-0.2, 0) is 4.79 Å². The number of primary amides is 1. The second-order valence-electron chi connectivity index (χ2n) is 7.08. The van der Waals surface area contributed by atoms with Crippen LogP contribution >= 0.6 is 10.7 Å². The van der Waals surface area contributed by atoms with Gasteiger partial charge in [0, 0.05) is 25.8 Å². The molecule has 30 heavy (non-hydrogen) atoms. The molecule has 0 spiro atoms. The molecular weight excluding hydrogens is 400 g/mol. The highest BCUT2D eigenvalue weighted by Crippen LogP contribution is 2.35. The third-order valence-electron chi connectivity index (χ3n) is 5.01. The molecule has 0 aliphatic carbocycles. The smallest absolute Gasteiger partial charge is 0.344 e. The molecule has 1 aliphatic rings. The summed E-state index contributed by atoms with van der Waals surface area (Å²) in [4.78, 5) is 25.7. The molecule has 0 saturated carbocycles. The van der Waals surface area contributed by atoms with Gasteiger partial charge in [0.1, 0.15) is 11.5 Å². The molecule has 0 fully saturated rings. The molecule has 1 unspecified atom stereocenters. The average Bonchev–Trinajstić information content (AvgIpc) is 2.70. The predicted molar refractivity (Wildman–Crippen MR) is 116 cm³/mol. The molecule has 1 amide bonds. The van der Waals surface area contributed by atoms with E-state index in [0.29, 0.717) is 38.8 Å². The van der Waals surface area contributed by atoms with Gasteiger partial charge in [-0.1, -0.05) is 28.9 Å². The number of rotatable bonds is 3. The summed E-state index contributed by atoms with van der Waals surface area (Å²) in [5.74, 6) is -0.708. The number of phenols is 1. The number of esters is 1. The first-order valence-electron chi connectivity index (χ1n) is 9.19. The van der Waals surface area contributed by atoms with E-state index >= 15 is 0 Å². The number of hydrogen-bond donors (Lipinski definition) is 3. The van der Waals surface area contributed by atoms with E-state index in [4.69, 9.17) is 15.6 Å². The Hall–Kier alpha value is -3.42. The lowest BCUT2D eigenvalue weighted by Crippen LogP contribution is -2.24. The van der Waals surface area contributed by atoms with Gasteiger partial charge in [-0.25, -0.2) is 4.79 Å². The van der Waals surface area contributed by atoms with E-state index in [1.807, 2.05) is 24.3 Å². The number of carbonyl (C=O) groups is 2. The summed E-state index contributed by atoms with van der Waals surface area (Å²) in [6, 6.07) is 15.4. The first kappa shape index (κ1) is 19.9. The Kier molecular flexibility index (Phi) is 4.93. The highest BCUT2D eigenvalue weighted by molar-refractivity contribution is 8.07. The summed E-state index contributed by atoms with van der Waals surface area (Å²) in [6.45, 7) is 3.50. The van der Waals surface area contributed by atoms with Gasteiger partial charge in [0.25, 0.3) is 0 Å². The summed E-state index contributed by atoms with van der Waals surface area (Å²) in [7, 11) is -0.740. The van der Waals surface area contributed by atoms with Gasteiger partial charge in [0.2, 0.25) is 5.91 Å². The molecule has 5 N–H and O–H groups in total. The van der Waals surface area contributed by atoms with Crippen molar-refractivity contribution in [3.05, 3.63) is 86.6 Å². The monoisotopic (exact) mass is 420 g/mol. The van der Waals surface area contributed by atoms with Crippen LogP contribution in [0.5, 0.6) is 11.5 Å². The summed E-state index contributed by atoms with van der Waals surface area (Å²) in [5.41, 5.74) is 7.97. The Morgan fingerprint density at radius 3 is 2.33 bits per heavy atom. The van der Waals surface area contributed by atoms with Gasteiger partial charge < -0.3 is 15.6 Å². The highest BCUT2D eigenvalue weighted by Gasteiger charge is 2.24. The second-order valence-corrected chi connectivity index (χ2v) is 8.64. The lowest BCUT2D eigenvalue weighted by molar-refractivity contribution is -0.128. The van der Waals surface area contributed by atoms with Crippen LogP contribution in [0.3, 0.4) is 0 Å². The number of benzene rings is 3. The fourth-order valence-corrected chi connectivity index (χ4v) is 5.13. The summed E-state index contributed by atoms with van der Waals surface area (Å²) >= 11 is 0. The van der Waals surface area contributed by atoms with Crippen molar-refractivity contribution in [1.82, 2.24) is 0 Å². The van der Waals surface area contributed by atoms with Gasteiger partial charge in [-0.05, 0) is 61.4 Å². The molecule has 1 aliphatic heterocycles. The average molecular weight is 420 g/mol. The molecule has 0 bridgehead atoms. The zero-order valence-corrected chi connectivity index (χ0v) is 17.2. The van der Waals surface area contributed by atoms with Crippen LogP contribution in [0, 0.1) is 18.4 Å². The molecule has 1 atom stereocenters. The molecule has 4 rings (SSSR count). The third kappa shape index (κ3) is 3.28. The largest absolute Gasteiger partial charge is 0.508 e. The van der Waals surface area contributed by atoms with Crippen LogP contribution in [0.4, 0.5) is 0 Å². The lowest BCUT2D eigenvalue weighted by Gasteiger charge is -2.19. The van der Waals surface area contributed by atoms with E-state index in [9.17, 15) is 14.7 Å². The maximum atomic E-state index is 13.4. The van der Waals surface area contributed by atoms with E-state index in [0.717, 1.165) is 9.41 Å². The zero-order chi connectivity index (χ0) is 21.6. The molecule has 0 radical (unpaired) electrons. The first-order chi connectivity index (χ1) is 14.3. The molecule has 1 heterocycles. The molecule has 152 valence electrons. The standard InChI is InChI=1S/C23H20N2O4S/c1-12-9-14(22(24)27)10-13(2)21(12)29-23(28)20-16-5-3-4-6-18(16)30(25)19-8-7-15(26)11-17(19)20/h3-11,26H,25H2,1-2H3,(H2,24,27). The van der Waals surface area contributed by atoms with Crippen LogP contribution in [0.25, 0.3) is 5.57 Å². The fraction of sp³-hybridized carbons (Fsp3) is 0.0870. The maximum absolute atomic E-state index is 13.4. The Morgan fingerprint density at radius 2 is 1.67 bits per heavy atom. The van der Waals surface area contributed by atoms with E-state index in [2.05, 4.69) is 0 Å². The number of hydrogen-bond acceptors (Lipinski definition) is 5. The third-order valence-corrected chi connectivity index (χ3v) is 6.67. The number of fused-ring (bicyclic) bond motifs is 2. The number of ether oxygens (including phenoxy) is 1. The zero-order valence-electron chi connectivity index (χ0n) is 16.4. The fourth-order valence-electron chi connectivity index (χ4n) is 3.65. The Labute approximate surface area is 175 Å². The van der Waals surface area contributed by atoms with Crippen LogP contribution in [0.15, 0.2) is 59.5 Å². The summed E-state index contributed by atoms with van der Waals surface area (Å²) < 4.78 is 6.55. The maximum Gasteiger partial charge on any atom is 0.344 e. The van der Waals surface area contributed by atoms with Gasteiger partial charge in [0.15, 0.2) is 0 Å². The van der Waals surface area contributed by atoms with Crippen molar-refractivity contribution in [2.24, 2.45) is 10.9 Å². The summed E-state index contributed by atoms with van der Waals surface area (Å²) in [5, 5.41) is 17.0. The van der Waals surface area contributed by atoms with Crippen molar-refractivity contribution in [1.29, 1.82) is 0 Å². The first-order valence-corrected chi connectivity index (χ1v) is 10.5. The van der Waals surface area contributed by atoms with Crippen molar-refractivity contribution in [3.8, 4) is 11.5 Å². The molecular formula is C23H20N2O4S. The van der Waals surface area contributed by atoms with Crippen molar-refractivity contribution in [2.75, 3.05) is 0 Å². The number of phenolic OH excluding ortho intramolecular Hbond substituents is 1. The second kappa shape index (κ2) is 7.44. The van der Waals surface area contributed by atoms with Crippen LogP contribution in [0.1, 0.15) is 27.0 Å². The molecule has 6 nitrogen and oxygen atoms in total. The normalized spacial score (nSPS) is 14.6. The topological polar surface area (TPSA) is 116 Å². The number of aromatic hydroxyl groups is 1. The number of carbonyl (C=O) groups excluding carboxylic acids is 2. The van der Waals surface area contributed by atoms with Crippen molar-refractivity contribution in [3.63, 3.8) is 0 Å². The Bertz CT molecular complexity index is 1340. The predicted octanol–water partition coefficient (Wildman–Crippen LogP) is 2.68. The van der Waals surface area contributed by atoms with E-state index in [1.54, 1.807) is 38.1 Å². The van der Waals surface area contributed by atoms with Gasteiger partial charge in [-0.3, -0.25) is 9.93 Å². The molecule has 3 aromatic carbocycles. The van der Waals surface area contributed by atoms with Crippen LogP contribution in [0.2, 0.25) is 0 Å². The van der Waals surface area contributed by atoms with Gasteiger partial charge >= 0.3 is 5.97 Å². The highest BCUT2D eigenvalue weighted by atomic mass is 32.2. The Balaban J connectivity index is 1.92. The lowest BCUT2D eigenvalue weighted by atomic mass is 10.0. The molecule has 0 saturated heterocycles. The molecule has 0 aromatic heterocycles. The van der Waals surface area contributed by atoms with Crippen LogP contribution in [-0.4, -0.2) is 17.0 Å². The van der Waals surface area contributed by atoms with E-state index < -0.39 is 22.5 Å². The number of amides is 1. The van der Waals surface area contributed by atoms with E-state index in [1.165, 1.54) is 6.07 Å². The van der Waals surface area contributed by atoms with Crippen molar-refractivity contribution >= 4 is 28.1 Å². The van der Waals surface area contributed by atoms with Gasteiger partial charge in [-0.2, -0.15) is 0 Å². The number of nitrogens with two attached hydrogens (primary N) is 2. The SMILES string of the molecule is Cc1cc(C(N)=O)cc(C)c1OC(=O)C1=c2cc(O)ccc2=S(N)c2ccccc21. The quantitative estimate of drug-likeness (QED) is 0.342. The Morgan fingerprint density at radius 1 is 1.00 bits per heavy atom. The minimum absolute atomic E-state index is 0.0357. The minimum atomic E-state index is -0.740. The van der Waals surface area contributed by atoms with Crippen molar-refractivity contribution in [2.45, 2.75) is 18.7 Å².